The predicted molar refractivity (Wildman–Crippen MR) is 116 cm³/mol. The second-order valence-corrected chi connectivity index (χ2v) is 8.77. The number of carbonyl (C=O) groups is 1. The molecule has 1 N–H and O–H groups in total. The van der Waals surface area contributed by atoms with Crippen molar-refractivity contribution in [3.8, 4) is 11.1 Å². The molecule has 0 aromatic heterocycles. The number of halogens is 3. The third kappa shape index (κ3) is 4.68. The SMILES string of the molecule is CCN(CC)S(=O)(=O)c1cc(C(=O)Nc2c(F)cc(F)cc2-c2ccccc2)ccc1F. The Hall–Kier alpha value is -3.17. The minimum Gasteiger partial charge on any atom is -0.319 e. The Balaban J connectivity index is 2.03. The Bertz CT molecular complexity index is 1240. The van der Waals surface area contributed by atoms with Crippen molar-refractivity contribution in [1.82, 2.24) is 4.31 Å². The maximum atomic E-state index is 14.6. The van der Waals surface area contributed by atoms with E-state index in [4.69, 9.17) is 0 Å². The highest BCUT2D eigenvalue weighted by atomic mass is 32.2. The van der Waals surface area contributed by atoms with Gasteiger partial charge in [0, 0.05) is 30.3 Å². The highest BCUT2D eigenvalue weighted by molar-refractivity contribution is 7.89. The fourth-order valence-corrected chi connectivity index (χ4v) is 4.82. The molecule has 0 aliphatic rings. The lowest BCUT2D eigenvalue weighted by Gasteiger charge is -2.19. The zero-order valence-corrected chi connectivity index (χ0v) is 18.2. The molecule has 0 aliphatic heterocycles. The van der Waals surface area contributed by atoms with E-state index in [0.29, 0.717) is 11.6 Å². The summed E-state index contributed by atoms with van der Waals surface area (Å²) >= 11 is 0. The van der Waals surface area contributed by atoms with Gasteiger partial charge in [-0.05, 0) is 29.8 Å². The number of sulfonamides is 1. The van der Waals surface area contributed by atoms with Gasteiger partial charge in [0.25, 0.3) is 5.91 Å². The lowest BCUT2D eigenvalue weighted by molar-refractivity contribution is 0.102. The third-order valence-electron chi connectivity index (χ3n) is 4.89. The first-order chi connectivity index (χ1) is 15.2. The first-order valence-electron chi connectivity index (χ1n) is 9.84. The van der Waals surface area contributed by atoms with Crippen LogP contribution >= 0.6 is 0 Å². The number of nitrogens with one attached hydrogen (secondary N) is 1. The molecule has 0 spiro atoms. The molecule has 0 saturated heterocycles. The number of amides is 1. The standard InChI is InChI=1S/C23H21F3N2O3S/c1-3-28(4-2)32(30,31)21-12-16(10-11-19(21)25)23(29)27-22-18(13-17(24)14-20(22)26)15-8-6-5-7-9-15/h5-14H,3-4H2,1-2H3,(H,27,29). The lowest BCUT2D eigenvalue weighted by atomic mass is 10.0. The first-order valence-corrected chi connectivity index (χ1v) is 11.3. The fraction of sp³-hybridized carbons (Fsp3) is 0.174. The summed E-state index contributed by atoms with van der Waals surface area (Å²) in [6, 6.07) is 12.9. The van der Waals surface area contributed by atoms with E-state index in [-0.39, 0.29) is 29.9 Å². The molecular formula is C23H21F3N2O3S. The third-order valence-corrected chi connectivity index (χ3v) is 6.96. The summed E-state index contributed by atoms with van der Waals surface area (Å²) in [6.07, 6.45) is 0. The molecular weight excluding hydrogens is 441 g/mol. The van der Waals surface area contributed by atoms with Crippen molar-refractivity contribution >= 4 is 21.6 Å². The van der Waals surface area contributed by atoms with Gasteiger partial charge in [0.2, 0.25) is 10.0 Å². The summed E-state index contributed by atoms with van der Waals surface area (Å²) in [7, 11) is -4.17. The van der Waals surface area contributed by atoms with Gasteiger partial charge in [-0.3, -0.25) is 4.79 Å². The van der Waals surface area contributed by atoms with E-state index in [1.54, 1.807) is 44.2 Å². The predicted octanol–water partition coefficient (Wildman–Crippen LogP) is 5.05. The van der Waals surface area contributed by atoms with E-state index in [2.05, 4.69) is 5.32 Å². The van der Waals surface area contributed by atoms with Crippen LogP contribution in [0.5, 0.6) is 0 Å². The minimum absolute atomic E-state index is 0.106. The maximum Gasteiger partial charge on any atom is 0.255 e. The van der Waals surface area contributed by atoms with Crippen LogP contribution in [0.1, 0.15) is 24.2 Å². The second kappa shape index (κ2) is 9.54. The molecule has 3 aromatic rings. The molecule has 3 aromatic carbocycles. The number of nitrogens with zero attached hydrogens (tertiary/aromatic N) is 1. The van der Waals surface area contributed by atoms with Crippen molar-refractivity contribution in [2.75, 3.05) is 18.4 Å². The van der Waals surface area contributed by atoms with Crippen molar-refractivity contribution in [3.63, 3.8) is 0 Å². The van der Waals surface area contributed by atoms with Gasteiger partial charge in [0.15, 0.2) is 0 Å². The quantitative estimate of drug-likeness (QED) is 0.534. The summed E-state index contributed by atoms with van der Waals surface area (Å²) in [5.41, 5.74) is 0.0968. The van der Waals surface area contributed by atoms with Crippen LogP contribution in [-0.4, -0.2) is 31.7 Å². The van der Waals surface area contributed by atoms with Crippen LogP contribution in [0, 0.1) is 17.5 Å². The van der Waals surface area contributed by atoms with Crippen LogP contribution in [0.2, 0.25) is 0 Å². The molecule has 0 atom stereocenters. The number of hydrogen-bond donors (Lipinski definition) is 1. The molecule has 0 radical (unpaired) electrons. The molecule has 0 fully saturated rings. The van der Waals surface area contributed by atoms with Crippen LogP contribution in [0.3, 0.4) is 0 Å². The maximum absolute atomic E-state index is 14.6. The monoisotopic (exact) mass is 462 g/mol. The lowest BCUT2D eigenvalue weighted by Crippen LogP contribution is -2.31. The molecule has 0 bridgehead atoms. The van der Waals surface area contributed by atoms with E-state index in [1.165, 1.54) is 0 Å². The number of hydrogen-bond acceptors (Lipinski definition) is 3. The van der Waals surface area contributed by atoms with E-state index < -0.39 is 38.3 Å². The van der Waals surface area contributed by atoms with Crippen molar-refractivity contribution in [3.05, 3.63) is 83.7 Å². The minimum atomic E-state index is -4.17. The van der Waals surface area contributed by atoms with Gasteiger partial charge in [-0.15, -0.1) is 0 Å². The Morgan fingerprint density at radius 3 is 2.19 bits per heavy atom. The normalized spacial score (nSPS) is 11.6. The fourth-order valence-electron chi connectivity index (χ4n) is 3.28. The molecule has 0 aliphatic carbocycles. The van der Waals surface area contributed by atoms with Gasteiger partial charge in [-0.25, -0.2) is 21.6 Å². The van der Waals surface area contributed by atoms with Crippen molar-refractivity contribution in [1.29, 1.82) is 0 Å². The largest absolute Gasteiger partial charge is 0.319 e. The van der Waals surface area contributed by atoms with Crippen LogP contribution in [0.4, 0.5) is 18.9 Å². The van der Waals surface area contributed by atoms with E-state index in [9.17, 15) is 26.4 Å². The summed E-state index contributed by atoms with van der Waals surface area (Å²) in [5, 5.41) is 2.36. The van der Waals surface area contributed by atoms with Crippen LogP contribution < -0.4 is 5.32 Å². The van der Waals surface area contributed by atoms with E-state index >= 15 is 0 Å². The number of anilines is 1. The topological polar surface area (TPSA) is 66.5 Å². The molecule has 0 heterocycles. The van der Waals surface area contributed by atoms with Crippen LogP contribution in [0.25, 0.3) is 11.1 Å². The zero-order valence-electron chi connectivity index (χ0n) is 17.4. The van der Waals surface area contributed by atoms with E-state index in [1.807, 2.05) is 0 Å². The number of carbonyl (C=O) groups excluding carboxylic acids is 1. The van der Waals surface area contributed by atoms with Gasteiger partial charge < -0.3 is 5.32 Å². The molecule has 3 rings (SSSR count). The Morgan fingerprint density at radius 1 is 0.906 bits per heavy atom. The molecule has 1 amide bonds. The second-order valence-electron chi connectivity index (χ2n) is 6.86. The summed E-state index contributed by atoms with van der Waals surface area (Å²) < 4.78 is 69.3. The molecule has 168 valence electrons. The Kier molecular flexibility index (Phi) is 7.00. The molecule has 0 unspecified atom stereocenters. The van der Waals surface area contributed by atoms with Gasteiger partial charge in [0.1, 0.15) is 22.3 Å². The Morgan fingerprint density at radius 2 is 1.56 bits per heavy atom. The average molecular weight is 462 g/mol. The highest BCUT2D eigenvalue weighted by Gasteiger charge is 2.27. The first kappa shape index (κ1) is 23.5. The van der Waals surface area contributed by atoms with Crippen LogP contribution in [0.15, 0.2) is 65.6 Å². The number of rotatable bonds is 7. The Labute approximate surface area is 184 Å². The number of benzene rings is 3. The molecule has 0 saturated carbocycles. The molecule has 32 heavy (non-hydrogen) atoms. The van der Waals surface area contributed by atoms with Crippen molar-refractivity contribution < 1.29 is 26.4 Å². The summed E-state index contributed by atoms with van der Waals surface area (Å²) in [5.74, 6) is -3.71. The van der Waals surface area contributed by atoms with Gasteiger partial charge in [0.05, 0.1) is 5.69 Å². The summed E-state index contributed by atoms with van der Waals surface area (Å²) in [4.78, 5) is 12.2. The van der Waals surface area contributed by atoms with Gasteiger partial charge in [-0.1, -0.05) is 44.2 Å². The van der Waals surface area contributed by atoms with Gasteiger partial charge >= 0.3 is 0 Å². The summed E-state index contributed by atoms with van der Waals surface area (Å²) in [6.45, 7) is 3.46. The molecule has 5 nitrogen and oxygen atoms in total. The smallest absolute Gasteiger partial charge is 0.255 e. The molecule has 9 heteroatoms. The average Bonchev–Trinajstić information content (AvgIpc) is 2.76. The van der Waals surface area contributed by atoms with Gasteiger partial charge in [-0.2, -0.15) is 4.31 Å². The van der Waals surface area contributed by atoms with Crippen molar-refractivity contribution in [2.24, 2.45) is 0 Å². The van der Waals surface area contributed by atoms with Crippen LogP contribution in [-0.2, 0) is 10.0 Å². The van der Waals surface area contributed by atoms with Crippen molar-refractivity contribution in [2.45, 2.75) is 18.7 Å². The highest BCUT2D eigenvalue weighted by Crippen LogP contribution is 2.32. The zero-order chi connectivity index (χ0) is 23.5. The van der Waals surface area contributed by atoms with E-state index in [0.717, 1.165) is 28.6 Å².